The lowest BCUT2D eigenvalue weighted by Gasteiger charge is -2.38. The van der Waals surface area contributed by atoms with Crippen LogP contribution in [-0.4, -0.2) is 204 Å². The van der Waals surface area contributed by atoms with Crippen LogP contribution in [0.2, 0.25) is 0 Å². The SMILES string of the molecule is CC[C@H]1O[C@@H](n2cc(C)c(=O)[nH]c2=O)CC1OP(=O)([S-])OC[C@H]1O[C@@H](n2cc(C)c(=O)[nH]c2=O)CC1OP([O-])(=S)OC[C@H]1O[C@@H](n2cnc3c(=O)[nH]c(N)nc32)CC1OP([O-])(=S)O[C@H]1O[C@@H](n2cnc3c(N)ncnc32)CC1OP([O-])(=S)OC[C@H]1O[C@@H](n2cnc3c(N)ncnc32)CC1OP([O-])(=S)OC[C@H]1O[C@@H](n2cnc3c(=O)[nH]c(N)nc32)CC1OP([O-])(=S)OC. The number of ether oxygens (including phenoxy) is 6. The number of hydrogen-bond donors (Lipinski definition) is 8. The molecule has 12 N–H and O–H groups in total. The quantitative estimate of drug-likeness (QED) is 0.0155. The highest BCUT2D eigenvalue weighted by Crippen LogP contribution is 2.57. The number of nitrogens with two attached hydrogens (primary N) is 4. The third kappa shape index (κ3) is 20.7. The summed E-state index contributed by atoms with van der Waals surface area (Å²) in [5.74, 6) is -0.658. The molecule has 10 aromatic rings. The number of rotatable bonds is 34. The van der Waals surface area contributed by atoms with Gasteiger partial charge in [-0.3, -0.25) is 71.1 Å². The van der Waals surface area contributed by atoms with E-state index in [2.05, 4.69) is 69.8 Å². The Kier molecular flexibility index (Phi) is 27.3. The number of nitrogen functional groups attached to an aromatic ring is 4. The largest absolute Gasteiger partial charge is 0.780 e. The van der Waals surface area contributed by atoms with Crippen molar-refractivity contribution >= 4 is 180 Å². The second-order valence-electron chi connectivity index (χ2n) is 29.1. The van der Waals surface area contributed by atoms with Crippen LogP contribution in [0.3, 0.4) is 0 Å². The summed E-state index contributed by atoms with van der Waals surface area (Å²) in [4.78, 5) is 201. The molecular weight excluding hydrogens is 1930 g/mol. The monoisotopic (exact) mass is 2000 g/mol. The molecule has 0 aliphatic carbocycles. The van der Waals surface area contributed by atoms with Crippen molar-refractivity contribution in [3.05, 3.63) is 124 Å². The van der Waals surface area contributed by atoms with Gasteiger partial charge in [0.05, 0.1) is 88.4 Å². The van der Waals surface area contributed by atoms with Crippen LogP contribution in [0.15, 0.2) is 79.1 Å². The van der Waals surface area contributed by atoms with Crippen molar-refractivity contribution in [2.75, 3.05) is 56.5 Å². The van der Waals surface area contributed by atoms with Crippen molar-refractivity contribution in [2.45, 2.75) is 177 Å². The van der Waals surface area contributed by atoms with Gasteiger partial charge in [-0.2, -0.15) is 9.97 Å². The Balaban J connectivity index is 0.633. The lowest BCUT2D eigenvalue weighted by Crippen LogP contribution is -2.35. The molecule has 0 saturated carbocycles. The predicted molar refractivity (Wildman–Crippen MR) is 446 cm³/mol. The highest BCUT2D eigenvalue weighted by molar-refractivity contribution is 8.32. The van der Waals surface area contributed by atoms with Gasteiger partial charge in [0.1, 0.15) is 125 Å². The fraction of sp³-hybridized carbons (Fsp3) is 0.541. The van der Waals surface area contributed by atoms with Gasteiger partial charge in [-0.1, -0.05) is 66.0 Å². The fourth-order valence-corrected chi connectivity index (χ4v) is 23.3. The summed E-state index contributed by atoms with van der Waals surface area (Å²) in [5, 5.41) is 0. The summed E-state index contributed by atoms with van der Waals surface area (Å²) in [6, 6.07) is 0. The van der Waals surface area contributed by atoms with E-state index in [0.717, 1.165) is 35.2 Å². The van der Waals surface area contributed by atoms with Gasteiger partial charge in [-0.25, -0.2) is 49.5 Å². The molecule has 6 aliphatic rings. The summed E-state index contributed by atoms with van der Waals surface area (Å²) >= 11 is 32.6. The van der Waals surface area contributed by atoms with Gasteiger partial charge < -0.3 is 142 Å². The minimum atomic E-state index is -5.18. The Hall–Kier alpha value is -6.73. The van der Waals surface area contributed by atoms with Crippen LogP contribution >= 0.6 is 40.4 Å². The lowest BCUT2D eigenvalue weighted by atomic mass is 10.1. The first-order chi connectivity index (χ1) is 60.0. The summed E-state index contributed by atoms with van der Waals surface area (Å²) in [6.45, 7) is -27.4. The van der Waals surface area contributed by atoms with Crippen molar-refractivity contribution in [1.29, 1.82) is 0 Å². The minimum absolute atomic E-state index is 0.00498. The number of H-pyrrole nitrogens is 4. The molecule has 24 atom stereocenters. The van der Waals surface area contributed by atoms with Crippen molar-refractivity contribution in [2.24, 2.45) is 0 Å². The lowest BCUT2D eigenvalue weighted by molar-refractivity contribution is -0.245. The van der Waals surface area contributed by atoms with E-state index in [4.69, 9.17) is 177 Å². The highest BCUT2D eigenvalue weighted by atomic mass is 32.7. The molecule has 6 saturated heterocycles. The molecule has 0 bridgehead atoms. The Morgan fingerprint density at radius 3 is 1.15 bits per heavy atom. The molecule has 66 heteroatoms. The highest BCUT2D eigenvalue weighted by Gasteiger charge is 2.49. The van der Waals surface area contributed by atoms with Crippen molar-refractivity contribution in [1.82, 2.24) is 97.2 Å². The van der Waals surface area contributed by atoms with Gasteiger partial charge in [-0.05, 0) is 20.3 Å². The molecule has 0 spiro atoms. The fourth-order valence-electron chi connectivity index (χ4n) is 14.9. The minimum Gasteiger partial charge on any atom is -0.780 e. The zero-order valence-electron chi connectivity index (χ0n) is 65.6. The van der Waals surface area contributed by atoms with Gasteiger partial charge in [0.2, 0.25) is 11.9 Å². The second-order valence-corrected chi connectivity index (χ2v) is 45.4. The Labute approximate surface area is 741 Å². The molecule has 54 nitrogen and oxygen atoms in total. The maximum absolute atomic E-state index is 15.3. The Morgan fingerprint density at radius 2 is 0.748 bits per heavy atom. The molecule has 12 unspecified atom stereocenters. The third-order valence-electron chi connectivity index (χ3n) is 20.8. The number of nitrogens with one attached hydrogen (secondary N) is 4. The van der Waals surface area contributed by atoms with E-state index in [1.165, 1.54) is 63.5 Å². The zero-order valence-corrected chi connectivity index (χ0v) is 75.9. The van der Waals surface area contributed by atoms with E-state index in [0.29, 0.717) is 0 Å². The molecule has 16 rings (SSSR count). The van der Waals surface area contributed by atoms with E-state index in [-0.39, 0.29) is 105 Å². The molecule has 688 valence electrons. The molecule has 0 radical (unpaired) electrons. The van der Waals surface area contributed by atoms with Crippen molar-refractivity contribution in [3.8, 4) is 0 Å². The number of anilines is 4. The van der Waals surface area contributed by atoms with E-state index < -0.39 is 230 Å². The first kappa shape index (κ1) is 93.5. The van der Waals surface area contributed by atoms with Crippen LogP contribution in [0, 0.1) is 13.8 Å². The molecule has 6 aliphatic heterocycles. The molecule has 10 aromatic heterocycles. The van der Waals surface area contributed by atoms with E-state index in [9.17, 15) is 52.9 Å². The first-order valence-corrected chi connectivity index (χ1v) is 53.1. The second kappa shape index (κ2) is 37.0. The van der Waals surface area contributed by atoms with Gasteiger partial charge in [-0.15, -0.1) is 0 Å². The molecule has 16 heterocycles. The summed E-state index contributed by atoms with van der Waals surface area (Å²) < 4.78 is 130. The Bertz CT molecular complexity index is 6590. The molecule has 6 fully saturated rings. The molecule has 0 amide bonds. The summed E-state index contributed by atoms with van der Waals surface area (Å²) in [6.07, 6.45) is -16.2. The number of imidazole rings is 4. The van der Waals surface area contributed by atoms with E-state index in [1.807, 2.05) is 0 Å². The van der Waals surface area contributed by atoms with Gasteiger partial charge in [0, 0.05) is 69.2 Å². The standard InChI is InChI=1S/C61H78N24O30P6S6/c1-5-26-27(6-37(103-26)80-12-24(2)53(86)78-60(80)90)110-117(93,123)99-15-34-29(7-38(104-34)81-13-25(3)54(87)79-61(81)91)111-118(94,124)101-17-36-31(10-41(107-36)85-23-73-46-52(85)75-59(65)77-56(46)89)113-121(97,127)115-57-32(11-42(108-57)83-21-71-44-48(63)67-19-69-50(44)83)114-120(96,126)102-16-35-30(9-39(105-35)82-20-70-43-47(62)66-18-68-49(43)82)112-119(95,125)100-14-33-28(109-116(92,122)98-4)8-40(106-33)84-22-72-45-51(84)74-58(64)76-55(45)88/h12-13,18-23,26-42,57H,5-11,14-17H2,1-4H3,(H,92,122)(H,93,123)(H,94,124)(H,95,125)(H,96,126)(H,97,127)(H2,62,66,68)(H2,63,67,69)(H,78,86,90)(H,79,87,91)(H3,64,74,76,88)(H3,65,75,77,89)/p-6/t26-,27?,28?,29?,30?,31?,32?,33-,34-,35-,36-,37-,38-,39-,40-,41-,42-,57-,116?,117?,118?,119?,120?,121?/m1/s1. The average Bonchev–Trinajstić information content (AvgIpc) is 1.63. The number of aromatic nitrogens is 20. The van der Waals surface area contributed by atoms with E-state index >= 15 is 4.89 Å². The van der Waals surface area contributed by atoms with Crippen molar-refractivity contribution < 1.29 is 112 Å². The number of hydrogen-bond acceptors (Lipinski definition) is 50. The Morgan fingerprint density at radius 1 is 0.417 bits per heavy atom. The van der Waals surface area contributed by atoms with Crippen molar-refractivity contribution in [3.63, 3.8) is 0 Å². The van der Waals surface area contributed by atoms with Gasteiger partial charge in [0.15, 0.2) is 58.3 Å². The smallest absolute Gasteiger partial charge is 0.330 e. The number of aryl methyl sites for hydroxylation is 2. The topological polar surface area (TPSA) is 727 Å². The average molecular weight is 2000 g/mol. The van der Waals surface area contributed by atoms with Crippen LogP contribution in [-0.2, 0) is 159 Å². The molecular formula is C61H72N24O30P6S6-6. The van der Waals surface area contributed by atoms with Crippen LogP contribution < -0.4 is 81.0 Å². The number of aromatic amines is 4. The maximum Gasteiger partial charge on any atom is 0.330 e. The molecule has 127 heavy (non-hydrogen) atoms. The van der Waals surface area contributed by atoms with Crippen LogP contribution in [0.25, 0.3) is 44.7 Å². The third-order valence-corrected chi connectivity index (χ3v) is 30.3. The van der Waals surface area contributed by atoms with Crippen LogP contribution in [0.4, 0.5) is 23.5 Å². The zero-order chi connectivity index (χ0) is 90.5. The van der Waals surface area contributed by atoms with Gasteiger partial charge in [0.25, 0.3) is 22.2 Å². The summed E-state index contributed by atoms with van der Waals surface area (Å²) in [7, 11) is 1.05. The van der Waals surface area contributed by atoms with Crippen LogP contribution in [0.5, 0.6) is 0 Å². The first-order valence-electron chi connectivity index (χ1n) is 37.7. The van der Waals surface area contributed by atoms with Crippen LogP contribution in [0.1, 0.15) is 100 Å². The number of nitrogens with zero attached hydrogens (tertiary/aromatic N) is 16. The van der Waals surface area contributed by atoms with Gasteiger partial charge >= 0.3 is 11.4 Å². The maximum atomic E-state index is 15.3. The predicted octanol–water partition coefficient (Wildman–Crippen LogP) is -2.31. The molecule has 0 aromatic carbocycles. The normalized spacial score (nSPS) is 29.3. The number of fused-ring (bicyclic) bond motifs is 4. The summed E-state index contributed by atoms with van der Waals surface area (Å²) in [5.41, 5.74) is 19.9. The van der Waals surface area contributed by atoms with E-state index in [1.54, 1.807) is 6.92 Å².